The van der Waals surface area contributed by atoms with E-state index >= 15 is 0 Å². The van der Waals surface area contributed by atoms with Gasteiger partial charge in [-0.25, -0.2) is 0 Å². The molecule has 0 radical (unpaired) electrons. The minimum atomic E-state index is 0.707. The summed E-state index contributed by atoms with van der Waals surface area (Å²) in [4.78, 5) is 4.40. The summed E-state index contributed by atoms with van der Waals surface area (Å²) in [5.74, 6) is 1.77. The normalized spacial score (nSPS) is 10.8. The number of fused-ring (bicyclic) bond motifs is 1. The molecule has 3 aromatic rings. The maximum atomic E-state index is 5.90. The summed E-state index contributed by atoms with van der Waals surface area (Å²) < 4.78 is 11.7. The number of para-hydroxylation sites is 1. The second-order valence-corrected chi connectivity index (χ2v) is 7.24. The minimum Gasteiger partial charge on any atom is -0.493 e. The Bertz CT molecular complexity index is 861. The lowest BCUT2D eigenvalue weighted by atomic mass is 10.2. The minimum absolute atomic E-state index is 0.707. The summed E-state index contributed by atoms with van der Waals surface area (Å²) in [6.45, 7) is 4.62. The molecule has 0 amide bonds. The molecule has 154 valence electrons. The molecule has 0 aliphatic rings. The van der Waals surface area contributed by atoms with Gasteiger partial charge in [0.1, 0.15) is 11.5 Å². The topological polar surface area (TPSA) is 43.4 Å². The van der Waals surface area contributed by atoms with E-state index in [-0.39, 0.29) is 0 Å². The lowest BCUT2D eigenvalue weighted by molar-refractivity contribution is 0.292. The Balaban J connectivity index is 1.34. The van der Waals surface area contributed by atoms with Gasteiger partial charge in [-0.15, -0.1) is 0 Å². The second-order valence-electron chi connectivity index (χ2n) is 7.24. The smallest absolute Gasteiger partial charge is 0.122 e. The maximum absolute atomic E-state index is 5.90. The zero-order chi connectivity index (χ0) is 20.2. The van der Waals surface area contributed by atoms with Gasteiger partial charge in [-0.3, -0.25) is 4.98 Å². The molecule has 1 N–H and O–H groups in total. The predicted molar refractivity (Wildman–Crippen MR) is 121 cm³/mol. The molecule has 0 bridgehead atoms. The van der Waals surface area contributed by atoms with Gasteiger partial charge in [0.25, 0.3) is 0 Å². The Labute approximate surface area is 174 Å². The van der Waals surface area contributed by atoms with Crippen LogP contribution < -0.4 is 14.8 Å². The zero-order valence-corrected chi connectivity index (χ0v) is 17.4. The van der Waals surface area contributed by atoms with Gasteiger partial charge < -0.3 is 14.8 Å². The zero-order valence-electron chi connectivity index (χ0n) is 17.4. The Kier molecular flexibility index (Phi) is 8.64. The molecule has 0 aliphatic heterocycles. The summed E-state index contributed by atoms with van der Waals surface area (Å²) in [5.41, 5.74) is 2.16. The number of unbranched alkanes of at least 4 members (excludes halogenated alkanes) is 4. The van der Waals surface area contributed by atoms with E-state index in [1.807, 2.05) is 54.7 Å². The van der Waals surface area contributed by atoms with Crippen molar-refractivity contribution in [1.82, 2.24) is 4.98 Å². The number of nitrogens with zero attached hydrogens (tertiary/aromatic N) is 1. The summed E-state index contributed by atoms with van der Waals surface area (Å²) in [7, 11) is 0. The monoisotopic (exact) mass is 392 g/mol. The van der Waals surface area contributed by atoms with E-state index in [0.717, 1.165) is 60.5 Å². The molecule has 0 fully saturated rings. The van der Waals surface area contributed by atoms with E-state index in [4.69, 9.17) is 9.47 Å². The fourth-order valence-corrected chi connectivity index (χ4v) is 3.26. The average molecular weight is 393 g/mol. The van der Waals surface area contributed by atoms with Gasteiger partial charge in [0.2, 0.25) is 0 Å². The molecule has 0 atom stereocenters. The lowest BCUT2D eigenvalue weighted by Crippen LogP contribution is -2.05. The first-order valence-electron chi connectivity index (χ1n) is 10.8. The van der Waals surface area contributed by atoms with Crippen LogP contribution in [0.2, 0.25) is 0 Å². The summed E-state index contributed by atoms with van der Waals surface area (Å²) in [5, 5.41) is 4.68. The van der Waals surface area contributed by atoms with Gasteiger partial charge in [-0.05, 0) is 43.5 Å². The lowest BCUT2D eigenvalue weighted by Gasteiger charge is -2.11. The van der Waals surface area contributed by atoms with Crippen molar-refractivity contribution in [1.29, 1.82) is 0 Å². The molecule has 0 saturated carbocycles. The largest absolute Gasteiger partial charge is 0.493 e. The van der Waals surface area contributed by atoms with E-state index < -0.39 is 0 Å². The molecule has 4 nitrogen and oxygen atoms in total. The molecular formula is C25H32N2O2. The highest BCUT2D eigenvalue weighted by atomic mass is 16.5. The van der Waals surface area contributed by atoms with Gasteiger partial charge in [-0.2, -0.15) is 0 Å². The third-order valence-corrected chi connectivity index (χ3v) is 4.88. The van der Waals surface area contributed by atoms with Crippen molar-refractivity contribution < 1.29 is 9.47 Å². The van der Waals surface area contributed by atoms with Crippen LogP contribution in [0.25, 0.3) is 10.9 Å². The average Bonchev–Trinajstić information content (AvgIpc) is 2.76. The van der Waals surface area contributed by atoms with Crippen LogP contribution in [0.5, 0.6) is 11.5 Å². The van der Waals surface area contributed by atoms with Crippen LogP contribution >= 0.6 is 0 Å². The molecule has 3 rings (SSSR count). The van der Waals surface area contributed by atoms with Crippen LogP contribution in [0.3, 0.4) is 0 Å². The second kappa shape index (κ2) is 11.9. The highest BCUT2D eigenvalue weighted by Crippen LogP contribution is 2.22. The number of anilines is 1. The van der Waals surface area contributed by atoms with E-state index in [0.29, 0.717) is 6.61 Å². The van der Waals surface area contributed by atoms with Crippen LogP contribution in [0.15, 0.2) is 60.8 Å². The summed E-state index contributed by atoms with van der Waals surface area (Å²) >= 11 is 0. The van der Waals surface area contributed by atoms with E-state index in [1.54, 1.807) is 0 Å². The molecule has 0 spiro atoms. The van der Waals surface area contributed by atoms with Gasteiger partial charge in [0, 0.05) is 29.9 Å². The number of hydrogen-bond donors (Lipinski definition) is 1. The van der Waals surface area contributed by atoms with E-state index in [1.165, 1.54) is 19.3 Å². The summed E-state index contributed by atoms with van der Waals surface area (Å²) in [6, 6.07) is 18.2. The van der Waals surface area contributed by atoms with Crippen molar-refractivity contribution in [2.75, 3.05) is 25.1 Å². The molecule has 0 saturated heterocycles. The molecular weight excluding hydrogens is 360 g/mol. The Morgan fingerprint density at radius 3 is 2.34 bits per heavy atom. The fourth-order valence-electron chi connectivity index (χ4n) is 3.26. The van der Waals surface area contributed by atoms with Crippen molar-refractivity contribution >= 4 is 16.6 Å². The first-order valence-corrected chi connectivity index (χ1v) is 10.8. The van der Waals surface area contributed by atoms with Gasteiger partial charge in [0.05, 0.1) is 18.7 Å². The van der Waals surface area contributed by atoms with Crippen molar-refractivity contribution in [3.63, 3.8) is 0 Å². The predicted octanol–water partition coefficient (Wildman–Crippen LogP) is 6.47. The van der Waals surface area contributed by atoms with Crippen molar-refractivity contribution in [2.24, 2.45) is 0 Å². The van der Waals surface area contributed by atoms with Gasteiger partial charge >= 0.3 is 0 Å². The highest BCUT2D eigenvalue weighted by Gasteiger charge is 2.01. The van der Waals surface area contributed by atoms with Crippen LogP contribution in [0.1, 0.15) is 45.4 Å². The van der Waals surface area contributed by atoms with Crippen LogP contribution in [0, 0.1) is 0 Å². The number of aromatic nitrogens is 1. The third-order valence-electron chi connectivity index (χ3n) is 4.88. The number of nitrogens with one attached hydrogen (secondary N) is 1. The van der Waals surface area contributed by atoms with Crippen molar-refractivity contribution in [3.8, 4) is 11.5 Å². The quantitative estimate of drug-likeness (QED) is 0.339. The molecule has 2 aromatic carbocycles. The fraction of sp³-hybridized carbons (Fsp3) is 0.400. The number of benzene rings is 2. The van der Waals surface area contributed by atoms with E-state index in [9.17, 15) is 0 Å². The summed E-state index contributed by atoms with van der Waals surface area (Å²) in [6.07, 6.45) is 8.76. The molecule has 29 heavy (non-hydrogen) atoms. The van der Waals surface area contributed by atoms with Gasteiger partial charge in [-0.1, -0.05) is 50.5 Å². The van der Waals surface area contributed by atoms with Crippen LogP contribution in [-0.4, -0.2) is 24.7 Å². The highest BCUT2D eigenvalue weighted by molar-refractivity contribution is 5.90. The molecule has 1 heterocycles. The van der Waals surface area contributed by atoms with E-state index in [2.05, 4.69) is 23.3 Å². The number of hydrogen-bond acceptors (Lipinski definition) is 4. The first kappa shape index (κ1) is 21.0. The molecule has 1 aromatic heterocycles. The molecule has 0 aliphatic carbocycles. The number of ether oxygens (including phenoxy) is 2. The Hall–Kier alpha value is -2.75. The standard InChI is InChI=1S/C25H32N2O2/c1-2-3-4-8-18-28-21-11-10-12-22(20-21)29-19-9-7-16-26-25-15-17-27-24-14-6-5-13-23(24)25/h5-6,10-15,17,20H,2-4,7-9,16,18-19H2,1H3,(H,26,27). The number of pyridine rings is 1. The molecule has 0 unspecified atom stereocenters. The van der Waals surface area contributed by atoms with Crippen molar-refractivity contribution in [2.45, 2.75) is 45.4 Å². The van der Waals surface area contributed by atoms with Crippen molar-refractivity contribution in [3.05, 3.63) is 60.8 Å². The Morgan fingerprint density at radius 1 is 0.793 bits per heavy atom. The SMILES string of the molecule is CCCCCCOc1cccc(OCCCCNc2ccnc3ccccc23)c1. The van der Waals surface area contributed by atoms with Crippen LogP contribution in [0.4, 0.5) is 5.69 Å². The first-order chi connectivity index (χ1) is 14.4. The maximum Gasteiger partial charge on any atom is 0.122 e. The van der Waals surface area contributed by atoms with Gasteiger partial charge in [0.15, 0.2) is 0 Å². The Morgan fingerprint density at radius 2 is 1.55 bits per heavy atom. The third kappa shape index (κ3) is 6.97. The van der Waals surface area contributed by atoms with Crippen LogP contribution in [-0.2, 0) is 0 Å². The number of rotatable bonds is 13. The molecule has 4 heteroatoms.